The van der Waals surface area contributed by atoms with Crippen LogP contribution in [0.4, 0.5) is 25.4 Å². The molecule has 1 fully saturated rings. The summed E-state index contributed by atoms with van der Waals surface area (Å²) in [6, 6.07) is 4.81. The molecule has 1 aromatic heterocycles. The number of rotatable bonds is 10. The maximum atomic E-state index is 16.4. The van der Waals surface area contributed by atoms with E-state index in [2.05, 4.69) is 49.5 Å². The standard InChI is InChI=1S/C44H63FN6O7Si/c1-13-17-50(19-20-56-59(11,12)43(8,9)10)37(52)28-22-32-33(45)24-30(25-35(32)48-36(23-28)49-39(54)57-41(2,3)4)44(15-16-44)38(53)47-31-21-29-27-51(18-14-34(29)46-26-31)40(55)58-42(5,6)7/h21-22,24-26H,13-20,23,27H2,1-12H3,(H,47,53)(H,48,49,54). The quantitative estimate of drug-likeness (QED) is 0.226. The first-order valence-electron chi connectivity index (χ1n) is 20.6. The van der Waals surface area contributed by atoms with Gasteiger partial charge in [-0.05, 0) is 114 Å². The van der Waals surface area contributed by atoms with Crippen LogP contribution in [-0.4, -0.2) is 90.4 Å². The summed E-state index contributed by atoms with van der Waals surface area (Å²) >= 11 is 0. The summed E-state index contributed by atoms with van der Waals surface area (Å²) in [6.07, 6.45) is 4.01. The van der Waals surface area contributed by atoms with Crippen LogP contribution in [-0.2, 0) is 41.9 Å². The Balaban J connectivity index is 1.43. The Kier molecular flexibility index (Phi) is 13.2. The van der Waals surface area contributed by atoms with E-state index in [-0.39, 0.29) is 45.9 Å². The van der Waals surface area contributed by atoms with Crippen LogP contribution < -0.4 is 10.6 Å². The van der Waals surface area contributed by atoms with Crippen molar-refractivity contribution in [1.29, 1.82) is 0 Å². The zero-order valence-corrected chi connectivity index (χ0v) is 38.0. The average molecular weight is 835 g/mol. The van der Waals surface area contributed by atoms with Crippen LogP contribution in [0.5, 0.6) is 0 Å². The summed E-state index contributed by atoms with van der Waals surface area (Å²) in [5.41, 5.74) is 0.548. The lowest BCUT2D eigenvalue weighted by Gasteiger charge is -2.37. The number of fused-ring (bicyclic) bond motifs is 2. The van der Waals surface area contributed by atoms with Gasteiger partial charge in [0.25, 0.3) is 0 Å². The molecular formula is C44H63FN6O7Si. The number of aromatic nitrogens is 1. The second-order valence-corrected chi connectivity index (χ2v) is 24.2. The topological polar surface area (TPSA) is 152 Å². The summed E-state index contributed by atoms with van der Waals surface area (Å²) in [6.45, 7) is 25.4. The molecule has 2 aromatic rings. The van der Waals surface area contributed by atoms with E-state index in [1.54, 1.807) is 42.8 Å². The van der Waals surface area contributed by atoms with E-state index in [4.69, 9.17) is 18.9 Å². The van der Waals surface area contributed by atoms with Gasteiger partial charge in [0, 0.05) is 49.3 Å². The number of amides is 4. The van der Waals surface area contributed by atoms with Gasteiger partial charge in [0.15, 0.2) is 8.32 Å². The zero-order valence-electron chi connectivity index (χ0n) is 37.0. The number of benzene rings is 1. The predicted molar refractivity (Wildman–Crippen MR) is 230 cm³/mol. The Labute approximate surface area is 349 Å². The third-order valence-electron chi connectivity index (χ3n) is 11.1. The molecule has 5 rings (SSSR count). The fourth-order valence-corrected chi connectivity index (χ4v) is 7.79. The molecule has 0 bridgehead atoms. The van der Waals surface area contributed by atoms with Crippen molar-refractivity contribution >= 4 is 55.6 Å². The molecule has 15 heteroatoms. The molecule has 2 N–H and O–H groups in total. The molecular weight excluding hydrogens is 772 g/mol. The number of carbonyl (C=O) groups is 4. The lowest BCUT2D eigenvalue weighted by atomic mass is 9.92. The summed E-state index contributed by atoms with van der Waals surface area (Å²) < 4.78 is 33.9. The molecule has 0 saturated heterocycles. The number of ether oxygens (including phenoxy) is 2. The normalized spacial score (nSPS) is 16.4. The number of anilines is 1. The number of hydrogen-bond acceptors (Lipinski definition) is 9. The summed E-state index contributed by atoms with van der Waals surface area (Å²) in [4.78, 5) is 66.7. The molecule has 59 heavy (non-hydrogen) atoms. The first-order chi connectivity index (χ1) is 27.3. The number of halogens is 1. The minimum Gasteiger partial charge on any atom is -0.444 e. The van der Waals surface area contributed by atoms with Crippen molar-refractivity contribution in [3.05, 3.63) is 58.2 Å². The van der Waals surface area contributed by atoms with Crippen LogP contribution in [0, 0.1) is 5.82 Å². The summed E-state index contributed by atoms with van der Waals surface area (Å²) in [5, 5.41) is 5.69. The van der Waals surface area contributed by atoms with Gasteiger partial charge >= 0.3 is 12.2 Å². The fraction of sp³-hybridized carbons (Fsp3) is 0.591. The molecule has 13 nitrogen and oxygen atoms in total. The van der Waals surface area contributed by atoms with Gasteiger partial charge in [-0.3, -0.25) is 19.9 Å². The predicted octanol–water partition coefficient (Wildman–Crippen LogP) is 8.79. The van der Waals surface area contributed by atoms with Crippen molar-refractivity contribution in [1.82, 2.24) is 20.1 Å². The second-order valence-electron chi connectivity index (χ2n) is 19.3. The Morgan fingerprint density at radius 3 is 2.24 bits per heavy atom. The van der Waals surface area contributed by atoms with Crippen molar-refractivity contribution in [3.63, 3.8) is 0 Å². The molecule has 322 valence electrons. The average Bonchev–Trinajstić information content (AvgIpc) is 3.93. The third kappa shape index (κ3) is 11.4. The first kappa shape index (κ1) is 45.5. The lowest BCUT2D eigenvalue weighted by Crippen LogP contribution is -2.44. The lowest BCUT2D eigenvalue weighted by molar-refractivity contribution is -0.127. The molecule has 0 radical (unpaired) electrons. The highest BCUT2D eigenvalue weighted by Gasteiger charge is 2.52. The van der Waals surface area contributed by atoms with E-state index in [0.29, 0.717) is 69.7 Å². The zero-order chi connectivity index (χ0) is 43.7. The number of alkyl carbamates (subject to hydrolysis) is 1. The monoisotopic (exact) mass is 834 g/mol. The molecule has 3 aliphatic rings. The van der Waals surface area contributed by atoms with Crippen LogP contribution >= 0.6 is 0 Å². The molecule has 3 heterocycles. The number of aliphatic imine (C=N–C) groups is 1. The molecule has 0 unspecified atom stereocenters. The molecule has 4 amide bonds. The minimum absolute atomic E-state index is 0.000266. The van der Waals surface area contributed by atoms with Gasteiger partial charge in [-0.2, -0.15) is 0 Å². The van der Waals surface area contributed by atoms with Crippen LogP contribution in [0.3, 0.4) is 0 Å². The number of carbonyl (C=O) groups excluding carboxylic acids is 4. The van der Waals surface area contributed by atoms with Gasteiger partial charge in [0.05, 0.1) is 36.1 Å². The molecule has 1 aliphatic carbocycles. The van der Waals surface area contributed by atoms with Crippen molar-refractivity contribution in [2.24, 2.45) is 4.99 Å². The summed E-state index contributed by atoms with van der Waals surface area (Å²) in [7, 11) is -2.08. The Morgan fingerprint density at radius 1 is 0.949 bits per heavy atom. The second kappa shape index (κ2) is 17.2. The van der Waals surface area contributed by atoms with Crippen LogP contribution in [0.1, 0.15) is 117 Å². The van der Waals surface area contributed by atoms with Crippen LogP contribution in [0.15, 0.2) is 35.0 Å². The van der Waals surface area contributed by atoms with Gasteiger partial charge in [-0.25, -0.2) is 19.0 Å². The van der Waals surface area contributed by atoms with Crippen LogP contribution in [0.25, 0.3) is 6.08 Å². The Bertz CT molecular complexity index is 2020. The molecule has 0 atom stereocenters. The number of nitrogens with one attached hydrogen (secondary N) is 2. The molecule has 0 spiro atoms. The van der Waals surface area contributed by atoms with Crippen molar-refractivity contribution in [2.75, 3.05) is 31.6 Å². The minimum atomic E-state index is -2.08. The first-order valence-corrected chi connectivity index (χ1v) is 23.5. The van der Waals surface area contributed by atoms with E-state index in [1.807, 2.05) is 33.8 Å². The maximum Gasteiger partial charge on any atom is 0.413 e. The van der Waals surface area contributed by atoms with Gasteiger partial charge < -0.3 is 29.0 Å². The fourth-order valence-electron chi connectivity index (χ4n) is 6.75. The van der Waals surface area contributed by atoms with Crippen molar-refractivity contribution < 1.29 is 37.5 Å². The highest BCUT2D eigenvalue weighted by atomic mass is 28.4. The largest absolute Gasteiger partial charge is 0.444 e. The van der Waals surface area contributed by atoms with E-state index in [9.17, 15) is 19.2 Å². The smallest absolute Gasteiger partial charge is 0.413 e. The van der Waals surface area contributed by atoms with Crippen LogP contribution in [0.2, 0.25) is 18.1 Å². The van der Waals surface area contributed by atoms with Gasteiger partial charge in [0.1, 0.15) is 22.9 Å². The van der Waals surface area contributed by atoms with Gasteiger partial charge in [-0.15, -0.1) is 0 Å². The maximum absolute atomic E-state index is 16.4. The van der Waals surface area contributed by atoms with E-state index < -0.39 is 42.9 Å². The highest BCUT2D eigenvalue weighted by molar-refractivity contribution is 6.74. The molecule has 2 aliphatic heterocycles. The number of amidine groups is 1. The van der Waals surface area contributed by atoms with Gasteiger partial charge in [-0.1, -0.05) is 27.7 Å². The van der Waals surface area contributed by atoms with E-state index in [0.717, 1.165) is 11.3 Å². The number of pyridine rings is 1. The SMILES string of the molecule is CCCN(CCO[Si](C)(C)C(C)(C)C)C(=O)C1=Cc2c(F)cc(C3(C(=O)Nc4cnc5c(c4)CN(C(=O)OC(C)(C)C)CC5)CC3)cc2N=C(NC(=O)OC(C)(C)C)C1. The van der Waals surface area contributed by atoms with Gasteiger partial charge in [0.2, 0.25) is 11.8 Å². The Morgan fingerprint density at radius 2 is 1.63 bits per heavy atom. The highest BCUT2D eigenvalue weighted by Crippen LogP contribution is 2.51. The third-order valence-corrected chi connectivity index (χ3v) is 15.6. The van der Waals surface area contributed by atoms with Crippen molar-refractivity contribution in [3.8, 4) is 0 Å². The molecule has 1 saturated carbocycles. The number of nitrogens with zero attached hydrogens (tertiary/aromatic N) is 4. The van der Waals surface area contributed by atoms with Crippen molar-refractivity contribution in [2.45, 2.75) is 143 Å². The summed E-state index contributed by atoms with van der Waals surface area (Å²) in [5.74, 6) is -1.18. The van der Waals surface area contributed by atoms with E-state index in [1.165, 1.54) is 12.1 Å². The molecule has 1 aromatic carbocycles. The van der Waals surface area contributed by atoms with E-state index >= 15 is 4.39 Å². The Hall–Kier alpha value is -4.63. The number of hydrogen-bond donors (Lipinski definition) is 2.